The Morgan fingerprint density at radius 3 is 2.57 bits per heavy atom. The number of para-hydroxylation sites is 1. The Kier molecular flexibility index (Phi) is 7.81. The highest BCUT2D eigenvalue weighted by molar-refractivity contribution is 7.07. The fraction of sp³-hybridized carbons (Fsp3) is 0.125. The number of nitro groups is 1. The number of esters is 1. The average molecular weight is 626 g/mol. The number of non-ortho nitro benzene ring substituents is 1. The van der Waals surface area contributed by atoms with Crippen LogP contribution in [-0.4, -0.2) is 31.8 Å². The van der Waals surface area contributed by atoms with Gasteiger partial charge < -0.3 is 4.74 Å². The lowest BCUT2D eigenvalue weighted by Gasteiger charge is -2.24. The lowest BCUT2D eigenvalue weighted by atomic mass is 9.95. The Bertz CT molecular complexity index is 2130. The van der Waals surface area contributed by atoms with Crippen molar-refractivity contribution in [1.82, 2.24) is 14.3 Å². The number of thiazole rings is 1. The number of halogens is 1. The summed E-state index contributed by atoms with van der Waals surface area (Å²) in [5.41, 5.74) is 3.28. The second-order valence-electron chi connectivity index (χ2n) is 9.87. The molecule has 0 saturated heterocycles. The molecule has 0 radical (unpaired) electrons. The Labute approximate surface area is 259 Å². The molecule has 1 atom stereocenters. The maximum atomic E-state index is 14.2. The number of rotatable bonds is 7. The van der Waals surface area contributed by atoms with E-state index in [0.29, 0.717) is 36.9 Å². The molecule has 5 aromatic rings. The van der Waals surface area contributed by atoms with Crippen LogP contribution < -0.4 is 14.9 Å². The van der Waals surface area contributed by atoms with Gasteiger partial charge in [0.2, 0.25) is 0 Å². The van der Waals surface area contributed by atoms with Crippen LogP contribution in [0, 0.1) is 10.1 Å². The van der Waals surface area contributed by atoms with Gasteiger partial charge in [-0.15, -0.1) is 0 Å². The lowest BCUT2D eigenvalue weighted by Crippen LogP contribution is -2.40. The van der Waals surface area contributed by atoms with Gasteiger partial charge in [-0.2, -0.15) is 5.10 Å². The molecular weight excluding hydrogens is 602 g/mol. The van der Waals surface area contributed by atoms with E-state index in [1.165, 1.54) is 22.8 Å². The standard InChI is InChI=1S/C32H24ClN5O5S/c1-3-43-31(40)27-19(2)34-32-37(29(27)21-8-7-11-25(16-21)38(41)42)30(39)26(44-32)17-22-18-36(24-9-5-4-6-10-24)35-28(22)20-12-14-23(33)15-13-20/h4-18,29H,3H2,1-2H3/t29-/m0/s1. The van der Waals surface area contributed by atoms with Crippen LogP contribution in [0.25, 0.3) is 23.0 Å². The molecule has 0 saturated carbocycles. The minimum atomic E-state index is -0.977. The molecular formula is C32H24ClN5O5S. The zero-order valence-electron chi connectivity index (χ0n) is 23.5. The molecule has 0 unspecified atom stereocenters. The molecule has 2 aromatic heterocycles. The van der Waals surface area contributed by atoms with E-state index >= 15 is 0 Å². The van der Waals surface area contributed by atoms with E-state index in [0.717, 1.165) is 22.6 Å². The Morgan fingerprint density at radius 1 is 1.11 bits per heavy atom. The molecule has 3 heterocycles. The van der Waals surface area contributed by atoms with Crippen molar-refractivity contribution in [3.8, 4) is 16.9 Å². The van der Waals surface area contributed by atoms with Crippen molar-refractivity contribution in [2.24, 2.45) is 4.99 Å². The number of carbonyl (C=O) groups excluding carboxylic acids is 1. The predicted octanol–water partition coefficient (Wildman–Crippen LogP) is 5.21. The van der Waals surface area contributed by atoms with Gasteiger partial charge in [0.1, 0.15) is 5.69 Å². The molecule has 0 aliphatic carbocycles. The monoisotopic (exact) mass is 625 g/mol. The van der Waals surface area contributed by atoms with Crippen LogP contribution in [0.15, 0.2) is 106 Å². The smallest absolute Gasteiger partial charge is 0.338 e. The summed E-state index contributed by atoms with van der Waals surface area (Å²) in [5, 5.41) is 17.0. The fourth-order valence-electron chi connectivity index (χ4n) is 5.09. The summed E-state index contributed by atoms with van der Waals surface area (Å²) in [4.78, 5) is 43.4. The SMILES string of the molecule is CCOC(=O)C1=C(C)N=c2sc(=Cc3cn(-c4ccccc4)nc3-c3ccc(Cl)cc3)c(=O)n2[C@H]1c1cccc([N+](=O)[O-])c1. The summed E-state index contributed by atoms with van der Waals surface area (Å²) in [5.74, 6) is -0.645. The highest BCUT2D eigenvalue weighted by Gasteiger charge is 2.34. The topological polar surface area (TPSA) is 122 Å². The van der Waals surface area contributed by atoms with Gasteiger partial charge in [-0.05, 0) is 49.8 Å². The van der Waals surface area contributed by atoms with Gasteiger partial charge in [0.25, 0.3) is 11.2 Å². The third-order valence-electron chi connectivity index (χ3n) is 7.08. The zero-order valence-corrected chi connectivity index (χ0v) is 25.1. The van der Waals surface area contributed by atoms with Crippen molar-refractivity contribution in [1.29, 1.82) is 0 Å². The fourth-order valence-corrected chi connectivity index (χ4v) is 6.26. The summed E-state index contributed by atoms with van der Waals surface area (Å²) in [6, 6.07) is 21.8. The van der Waals surface area contributed by atoms with Crippen LogP contribution in [0.4, 0.5) is 5.69 Å². The number of hydrogen-bond donors (Lipinski definition) is 0. The molecule has 0 N–H and O–H groups in total. The number of hydrogen-bond acceptors (Lipinski definition) is 8. The third-order valence-corrected chi connectivity index (χ3v) is 8.32. The van der Waals surface area contributed by atoms with E-state index in [1.807, 2.05) is 48.7 Å². The number of ether oxygens (including phenoxy) is 1. The van der Waals surface area contributed by atoms with Gasteiger partial charge in [-0.3, -0.25) is 19.5 Å². The van der Waals surface area contributed by atoms with Gasteiger partial charge >= 0.3 is 5.97 Å². The van der Waals surface area contributed by atoms with Crippen LogP contribution in [0.2, 0.25) is 5.02 Å². The van der Waals surface area contributed by atoms with Crippen LogP contribution >= 0.6 is 22.9 Å². The van der Waals surface area contributed by atoms with Gasteiger partial charge in [-0.1, -0.05) is 65.4 Å². The van der Waals surface area contributed by atoms with Crippen LogP contribution in [-0.2, 0) is 9.53 Å². The average Bonchev–Trinajstić information content (AvgIpc) is 3.58. The molecule has 6 rings (SSSR count). The lowest BCUT2D eigenvalue weighted by molar-refractivity contribution is -0.384. The number of allylic oxidation sites excluding steroid dienone is 1. The van der Waals surface area contributed by atoms with Crippen LogP contribution in [0.5, 0.6) is 0 Å². The molecule has 220 valence electrons. The van der Waals surface area contributed by atoms with Crippen molar-refractivity contribution >= 4 is 40.7 Å². The Morgan fingerprint density at radius 2 is 1.86 bits per heavy atom. The van der Waals surface area contributed by atoms with Crippen molar-refractivity contribution in [3.63, 3.8) is 0 Å². The van der Waals surface area contributed by atoms with Crippen molar-refractivity contribution < 1.29 is 14.5 Å². The second kappa shape index (κ2) is 11.9. The van der Waals surface area contributed by atoms with E-state index in [4.69, 9.17) is 21.4 Å². The molecule has 1 aliphatic rings. The molecule has 0 amide bonds. The number of aromatic nitrogens is 3. The van der Waals surface area contributed by atoms with Gasteiger partial charge in [0, 0.05) is 34.5 Å². The number of carbonyl (C=O) groups is 1. The van der Waals surface area contributed by atoms with Crippen molar-refractivity contribution in [2.75, 3.05) is 6.61 Å². The first-order chi connectivity index (χ1) is 21.2. The van der Waals surface area contributed by atoms with Crippen LogP contribution in [0.1, 0.15) is 31.0 Å². The highest BCUT2D eigenvalue weighted by atomic mass is 35.5. The molecule has 3 aromatic carbocycles. The number of benzene rings is 3. The first-order valence-corrected chi connectivity index (χ1v) is 14.8. The van der Waals surface area contributed by atoms with E-state index in [2.05, 4.69) is 4.99 Å². The third kappa shape index (κ3) is 5.38. The molecule has 0 fully saturated rings. The van der Waals surface area contributed by atoms with Crippen molar-refractivity contribution in [2.45, 2.75) is 19.9 Å². The summed E-state index contributed by atoms with van der Waals surface area (Å²) in [6.07, 6.45) is 3.58. The maximum absolute atomic E-state index is 14.2. The molecule has 1 aliphatic heterocycles. The van der Waals surface area contributed by atoms with Crippen LogP contribution in [0.3, 0.4) is 0 Å². The zero-order chi connectivity index (χ0) is 31.0. The van der Waals surface area contributed by atoms with Gasteiger partial charge in [0.05, 0.1) is 39.1 Å². The minimum absolute atomic E-state index is 0.112. The number of nitrogens with zero attached hydrogens (tertiary/aromatic N) is 5. The highest BCUT2D eigenvalue weighted by Crippen LogP contribution is 2.32. The summed E-state index contributed by atoms with van der Waals surface area (Å²) < 4.78 is 8.81. The Hall–Kier alpha value is -5.13. The van der Waals surface area contributed by atoms with Gasteiger partial charge in [-0.25, -0.2) is 14.5 Å². The summed E-state index contributed by atoms with van der Waals surface area (Å²) in [6.45, 7) is 3.45. The molecule has 10 nitrogen and oxygen atoms in total. The van der Waals surface area contributed by atoms with E-state index in [1.54, 1.807) is 42.8 Å². The predicted molar refractivity (Wildman–Crippen MR) is 168 cm³/mol. The summed E-state index contributed by atoms with van der Waals surface area (Å²) >= 11 is 7.30. The first-order valence-electron chi connectivity index (χ1n) is 13.6. The van der Waals surface area contributed by atoms with E-state index < -0.39 is 22.5 Å². The van der Waals surface area contributed by atoms with E-state index in [9.17, 15) is 19.7 Å². The molecule has 0 bridgehead atoms. The molecule has 12 heteroatoms. The molecule has 0 spiro atoms. The summed E-state index contributed by atoms with van der Waals surface area (Å²) in [7, 11) is 0. The van der Waals surface area contributed by atoms with E-state index in [-0.39, 0.29) is 17.9 Å². The van der Waals surface area contributed by atoms with Gasteiger partial charge in [0.15, 0.2) is 4.80 Å². The Balaban J connectivity index is 1.57. The maximum Gasteiger partial charge on any atom is 0.338 e. The minimum Gasteiger partial charge on any atom is -0.463 e. The number of fused-ring (bicyclic) bond motifs is 1. The number of nitro benzene ring substituents is 1. The first kappa shape index (κ1) is 29.0. The molecule has 44 heavy (non-hydrogen) atoms. The van der Waals surface area contributed by atoms with Crippen molar-refractivity contribution in [3.05, 3.63) is 142 Å². The quantitative estimate of drug-likeness (QED) is 0.139. The second-order valence-corrected chi connectivity index (χ2v) is 11.3. The normalized spacial score (nSPS) is 14.7. The largest absolute Gasteiger partial charge is 0.463 e.